The summed E-state index contributed by atoms with van der Waals surface area (Å²) in [5.41, 5.74) is 10.3. The van der Waals surface area contributed by atoms with Gasteiger partial charge >= 0.3 is 0 Å². The van der Waals surface area contributed by atoms with Crippen molar-refractivity contribution in [2.45, 2.75) is 0 Å². The lowest BCUT2D eigenvalue weighted by atomic mass is 10.1. The summed E-state index contributed by atoms with van der Waals surface area (Å²) in [4.78, 5) is 14.6. The van der Waals surface area contributed by atoms with Crippen molar-refractivity contribution in [3.8, 4) is 5.75 Å². The maximum atomic E-state index is 11.9. The van der Waals surface area contributed by atoms with Gasteiger partial charge in [-0.1, -0.05) is 29.4 Å². The van der Waals surface area contributed by atoms with Crippen LogP contribution < -0.4 is 10.1 Å². The van der Waals surface area contributed by atoms with Crippen LogP contribution in [0.15, 0.2) is 59.7 Å². The minimum Gasteiger partial charge on any atom is -0.497 e. The van der Waals surface area contributed by atoms with E-state index >= 15 is 0 Å². The fourth-order valence-corrected chi connectivity index (χ4v) is 1.79. The zero-order chi connectivity index (χ0) is 15.8. The monoisotopic (exact) mass is 294 g/mol. The normalized spacial score (nSPS) is 10.0. The van der Waals surface area contributed by atoms with Crippen molar-refractivity contribution in [1.29, 1.82) is 0 Å². The molecule has 0 spiro atoms. The third-order valence-electron chi connectivity index (χ3n) is 2.86. The van der Waals surface area contributed by atoms with Gasteiger partial charge in [-0.05, 0) is 41.4 Å². The number of nitrogens with zero attached hydrogens (tertiary/aromatic N) is 3. The number of carbonyl (C=O) groups excluding carboxylic acids is 1. The third kappa shape index (κ3) is 4.13. The minimum atomic E-state index is -0.277. The fourth-order valence-electron chi connectivity index (χ4n) is 1.79. The van der Waals surface area contributed by atoms with Crippen molar-refractivity contribution in [2.75, 3.05) is 12.4 Å². The number of hydrogen-bond donors (Lipinski definition) is 1. The molecule has 2 aromatic carbocycles. The second kappa shape index (κ2) is 7.52. The molecule has 0 aliphatic heterocycles. The molecule has 110 valence electrons. The molecule has 0 saturated carbocycles. The Morgan fingerprint density at radius 1 is 1.23 bits per heavy atom. The second-order valence-electron chi connectivity index (χ2n) is 4.30. The molecule has 0 unspecified atom stereocenters. The Balaban J connectivity index is 2.06. The van der Waals surface area contributed by atoms with Crippen LogP contribution in [0.2, 0.25) is 0 Å². The van der Waals surface area contributed by atoms with Gasteiger partial charge in [0.15, 0.2) is 0 Å². The van der Waals surface area contributed by atoms with Gasteiger partial charge in [0.2, 0.25) is 5.91 Å². The first kappa shape index (κ1) is 15.2. The van der Waals surface area contributed by atoms with Crippen LogP contribution in [0, 0.1) is 0 Å². The highest BCUT2D eigenvalue weighted by atomic mass is 16.5. The summed E-state index contributed by atoms with van der Waals surface area (Å²) in [6, 6.07) is 14.0. The molecule has 0 aliphatic rings. The number of anilines is 1. The smallest absolute Gasteiger partial charge is 0.248 e. The molecular weight excluding hydrogens is 280 g/mol. The molecule has 0 aliphatic carbocycles. The number of ether oxygens (including phenoxy) is 1. The molecule has 0 fully saturated rings. The van der Waals surface area contributed by atoms with E-state index in [1.165, 1.54) is 6.08 Å². The molecule has 0 saturated heterocycles. The first-order valence-corrected chi connectivity index (χ1v) is 6.50. The molecule has 2 aromatic rings. The molecule has 0 atom stereocenters. The number of benzene rings is 2. The molecule has 22 heavy (non-hydrogen) atoms. The minimum absolute atomic E-state index is 0.277. The highest BCUT2D eigenvalue weighted by molar-refractivity contribution is 6.02. The summed E-state index contributed by atoms with van der Waals surface area (Å²) < 4.78 is 5.05. The van der Waals surface area contributed by atoms with Gasteiger partial charge in [0.1, 0.15) is 5.75 Å². The topological polar surface area (TPSA) is 87.1 Å². The molecule has 0 bridgehead atoms. The molecule has 6 heteroatoms. The van der Waals surface area contributed by atoms with E-state index in [-0.39, 0.29) is 5.91 Å². The Bertz CT molecular complexity index is 732. The average Bonchev–Trinajstić information content (AvgIpc) is 2.55. The van der Waals surface area contributed by atoms with Crippen LogP contribution in [0.25, 0.3) is 16.5 Å². The Hall–Kier alpha value is -3.24. The summed E-state index contributed by atoms with van der Waals surface area (Å²) in [5.74, 6) is 0.442. The number of carbonyl (C=O) groups is 1. The van der Waals surface area contributed by atoms with Crippen LogP contribution in [-0.2, 0) is 4.79 Å². The fraction of sp³-hybridized carbons (Fsp3) is 0.0625. The number of hydrogen-bond acceptors (Lipinski definition) is 3. The Kier molecular flexibility index (Phi) is 5.18. The Morgan fingerprint density at radius 2 is 1.95 bits per heavy atom. The van der Waals surface area contributed by atoms with Gasteiger partial charge in [0, 0.05) is 22.4 Å². The van der Waals surface area contributed by atoms with E-state index in [1.54, 1.807) is 61.7 Å². The predicted molar refractivity (Wildman–Crippen MR) is 85.9 cm³/mol. The van der Waals surface area contributed by atoms with Crippen molar-refractivity contribution in [1.82, 2.24) is 0 Å². The highest BCUT2D eigenvalue weighted by Gasteiger charge is 2.00. The number of methoxy groups -OCH3 is 1. The zero-order valence-corrected chi connectivity index (χ0v) is 11.9. The zero-order valence-electron chi connectivity index (χ0n) is 11.9. The summed E-state index contributed by atoms with van der Waals surface area (Å²) in [6.45, 7) is 0. The van der Waals surface area contributed by atoms with Crippen molar-refractivity contribution < 1.29 is 9.53 Å². The second-order valence-corrected chi connectivity index (χ2v) is 4.30. The molecule has 1 amide bonds. The molecule has 0 aromatic heterocycles. The molecule has 0 heterocycles. The van der Waals surface area contributed by atoms with E-state index in [0.717, 1.165) is 5.75 Å². The van der Waals surface area contributed by atoms with Crippen LogP contribution in [0.1, 0.15) is 5.56 Å². The average molecular weight is 294 g/mol. The van der Waals surface area contributed by atoms with Gasteiger partial charge in [-0.3, -0.25) is 4.79 Å². The standard InChI is InChI=1S/C16H14N4O2/c1-22-14-9-7-13(8-10-14)18-16(21)11-6-12-4-2-3-5-15(12)19-20-17/h2-11H,1H3,(H,18,21)/b11-6+. The maximum Gasteiger partial charge on any atom is 0.248 e. The lowest BCUT2D eigenvalue weighted by molar-refractivity contribution is -0.111. The largest absolute Gasteiger partial charge is 0.497 e. The third-order valence-corrected chi connectivity index (χ3v) is 2.86. The highest BCUT2D eigenvalue weighted by Crippen LogP contribution is 2.20. The SMILES string of the molecule is COc1ccc(NC(=O)/C=C/c2ccccc2N=[N+]=[N-])cc1. The van der Waals surface area contributed by atoms with Gasteiger partial charge in [-0.2, -0.15) is 0 Å². The van der Waals surface area contributed by atoms with Crippen LogP contribution in [0.4, 0.5) is 11.4 Å². The lowest BCUT2D eigenvalue weighted by Gasteiger charge is -2.04. The van der Waals surface area contributed by atoms with Gasteiger partial charge in [0.05, 0.1) is 7.11 Å². The number of rotatable bonds is 5. The lowest BCUT2D eigenvalue weighted by Crippen LogP contribution is -2.07. The maximum absolute atomic E-state index is 11.9. The van der Waals surface area contributed by atoms with E-state index in [1.807, 2.05) is 0 Å². The molecular formula is C16H14N4O2. The number of nitrogens with one attached hydrogen (secondary N) is 1. The van der Waals surface area contributed by atoms with E-state index < -0.39 is 0 Å². The summed E-state index contributed by atoms with van der Waals surface area (Å²) in [7, 11) is 1.58. The predicted octanol–water partition coefficient (Wildman–Crippen LogP) is 4.29. The van der Waals surface area contributed by atoms with Crippen molar-refractivity contribution in [2.24, 2.45) is 5.11 Å². The quantitative estimate of drug-likeness (QED) is 0.386. The van der Waals surface area contributed by atoms with Crippen LogP contribution in [0.5, 0.6) is 5.75 Å². The Labute approximate surface area is 127 Å². The Morgan fingerprint density at radius 3 is 2.64 bits per heavy atom. The summed E-state index contributed by atoms with van der Waals surface area (Å²) >= 11 is 0. The van der Waals surface area contributed by atoms with Crippen molar-refractivity contribution in [3.05, 3.63) is 70.6 Å². The van der Waals surface area contributed by atoms with Crippen molar-refractivity contribution >= 4 is 23.4 Å². The number of azide groups is 1. The van der Waals surface area contributed by atoms with Gasteiger partial charge in [-0.25, -0.2) is 0 Å². The summed E-state index contributed by atoms with van der Waals surface area (Å²) in [6.07, 6.45) is 2.98. The van der Waals surface area contributed by atoms with Crippen LogP contribution >= 0.6 is 0 Å². The first-order valence-electron chi connectivity index (χ1n) is 6.50. The van der Waals surface area contributed by atoms with Gasteiger partial charge < -0.3 is 10.1 Å². The molecule has 2 rings (SSSR count). The van der Waals surface area contributed by atoms with E-state index in [2.05, 4.69) is 15.3 Å². The van der Waals surface area contributed by atoms with Gasteiger partial charge in [-0.15, -0.1) is 0 Å². The summed E-state index contributed by atoms with van der Waals surface area (Å²) in [5, 5.41) is 6.30. The molecule has 6 nitrogen and oxygen atoms in total. The molecule has 1 N–H and O–H groups in total. The van der Waals surface area contributed by atoms with E-state index in [9.17, 15) is 4.79 Å². The number of amides is 1. The molecule has 0 radical (unpaired) electrons. The van der Waals surface area contributed by atoms with Crippen LogP contribution in [0.3, 0.4) is 0 Å². The van der Waals surface area contributed by atoms with Crippen molar-refractivity contribution in [3.63, 3.8) is 0 Å². The van der Waals surface area contributed by atoms with E-state index in [4.69, 9.17) is 10.3 Å². The van der Waals surface area contributed by atoms with Gasteiger partial charge in [0.25, 0.3) is 0 Å². The van der Waals surface area contributed by atoms with E-state index in [0.29, 0.717) is 16.9 Å². The first-order chi connectivity index (χ1) is 10.7. The van der Waals surface area contributed by atoms with Crippen LogP contribution in [-0.4, -0.2) is 13.0 Å².